The van der Waals surface area contributed by atoms with Gasteiger partial charge in [0, 0.05) is 12.1 Å². The Labute approximate surface area is 213 Å². The van der Waals surface area contributed by atoms with Crippen LogP contribution in [0.2, 0.25) is 0 Å². The number of likely N-dealkylation sites (tertiary alicyclic amines) is 1. The van der Waals surface area contributed by atoms with Gasteiger partial charge in [0.05, 0.1) is 6.10 Å². The number of ether oxygens (including phenoxy) is 1. The Bertz CT molecular complexity index is 1030. The third-order valence-electron chi connectivity index (χ3n) is 7.03. The summed E-state index contributed by atoms with van der Waals surface area (Å²) in [5, 5.41) is 5.88. The van der Waals surface area contributed by atoms with Gasteiger partial charge in [-0.15, -0.1) is 0 Å². The fourth-order valence-corrected chi connectivity index (χ4v) is 5.20. The molecule has 36 heavy (non-hydrogen) atoms. The number of nitrogens with one attached hydrogen (secondary N) is 2. The summed E-state index contributed by atoms with van der Waals surface area (Å²) in [6, 6.07) is 17.5. The average Bonchev–Trinajstić information content (AvgIpc) is 3.50. The second kappa shape index (κ2) is 11.8. The molecule has 2 amide bonds. The van der Waals surface area contributed by atoms with Crippen LogP contribution in [0.5, 0.6) is 0 Å². The fraction of sp³-hybridized carbons (Fsp3) is 0.483. The van der Waals surface area contributed by atoms with Gasteiger partial charge in [-0.1, -0.05) is 62.4 Å². The molecule has 4 rings (SSSR count). The third-order valence-corrected chi connectivity index (χ3v) is 7.03. The summed E-state index contributed by atoms with van der Waals surface area (Å²) >= 11 is 0. The van der Waals surface area contributed by atoms with E-state index < -0.39 is 12.1 Å². The molecule has 2 fully saturated rings. The molecule has 0 radical (unpaired) electrons. The molecular weight excluding hydrogens is 454 g/mol. The number of benzene rings is 2. The molecule has 0 aliphatic carbocycles. The molecule has 0 bridgehead atoms. The van der Waals surface area contributed by atoms with Crippen molar-refractivity contribution in [2.24, 2.45) is 5.41 Å². The molecule has 2 N–H and O–H groups in total. The smallest absolute Gasteiger partial charge is 0.251 e. The Kier molecular flexibility index (Phi) is 8.54. The van der Waals surface area contributed by atoms with Crippen molar-refractivity contribution in [1.82, 2.24) is 15.5 Å². The molecule has 3 unspecified atom stereocenters. The lowest BCUT2D eigenvalue weighted by Crippen LogP contribution is -2.55. The van der Waals surface area contributed by atoms with Crippen LogP contribution in [0.25, 0.3) is 0 Å². The van der Waals surface area contributed by atoms with Crippen LogP contribution in [0.1, 0.15) is 49.0 Å². The molecule has 2 aliphatic rings. The summed E-state index contributed by atoms with van der Waals surface area (Å²) in [6.07, 6.45) is 3.08. The number of carbonyl (C=O) groups excluding carboxylic acids is 3. The minimum Gasteiger partial charge on any atom is -0.366 e. The van der Waals surface area contributed by atoms with Crippen LogP contribution >= 0.6 is 0 Å². The number of amides is 2. The zero-order chi connectivity index (χ0) is 25.5. The van der Waals surface area contributed by atoms with E-state index in [0.29, 0.717) is 18.5 Å². The van der Waals surface area contributed by atoms with Gasteiger partial charge < -0.3 is 20.3 Å². The molecule has 2 aromatic carbocycles. The number of rotatable bonds is 10. The monoisotopic (exact) mass is 491 g/mol. The number of Topliss-reactive ketones (excluding diaryl/α,β-unsaturated/α-hetero) is 1. The van der Waals surface area contributed by atoms with E-state index >= 15 is 0 Å². The van der Waals surface area contributed by atoms with E-state index in [1.807, 2.05) is 24.3 Å². The highest BCUT2D eigenvalue weighted by atomic mass is 16.5. The van der Waals surface area contributed by atoms with Crippen LogP contribution < -0.4 is 10.6 Å². The van der Waals surface area contributed by atoms with Crippen molar-refractivity contribution in [3.05, 3.63) is 71.8 Å². The first kappa shape index (κ1) is 26.0. The van der Waals surface area contributed by atoms with Gasteiger partial charge in [0.15, 0.2) is 5.78 Å². The molecule has 2 aliphatic heterocycles. The lowest BCUT2D eigenvalue weighted by molar-refractivity contribution is -0.128. The topological polar surface area (TPSA) is 87.7 Å². The largest absolute Gasteiger partial charge is 0.366 e. The zero-order valence-corrected chi connectivity index (χ0v) is 21.2. The highest BCUT2D eigenvalue weighted by Crippen LogP contribution is 2.28. The minimum atomic E-state index is -0.794. The second-order valence-electron chi connectivity index (χ2n) is 10.7. The van der Waals surface area contributed by atoms with E-state index in [-0.39, 0.29) is 35.7 Å². The average molecular weight is 492 g/mol. The van der Waals surface area contributed by atoms with Crippen molar-refractivity contribution in [2.75, 3.05) is 26.2 Å². The first-order valence-electron chi connectivity index (χ1n) is 12.9. The SMILES string of the molecule is CC(C)(Cc1ccccc1)CC(NC(=O)c1ccccc1)C(=O)NC1C(=O)COC1CN1CCCC1. The summed E-state index contributed by atoms with van der Waals surface area (Å²) in [7, 11) is 0. The molecule has 0 saturated carbocycles. The van der Waals surface area contributed by atoms with E-state index in [4.69, 9.17) is 4.74 Å². The molecule has 192 valence electrons. The predicted molar refractivity (Wildman–Crippen MR) is 139 cm³/mol. The van der Waals surface area contributed by atoms with Gasteiger partial charge >= 0.3 is 0 Å². The highest BCUT2D eigenvalue weighted by molar-refractivity contribution is 5.99. The maximum atomic E-state index is 13.6. The highest BCUT2D eigenvalue weighted by Gasteiger charge is 2.40. The van der Waals surface area contributed by atoms with Crippen LogP contribution in [-0.4, -0.2) is 66.9 Å². The number of hydrogen-bond acceptors (Lipinski definition) is 5. The fourth-order valence-electron chi connectivity index (χ4n) is 5.20. The van der Waals surface area contributed by atoms with E-state index in [2.05, 4.69) is 41.5 Å². The lowest BCUT2D eigenvalue weighted by atomic mass is 9.79. The summed E-state index contributed by atoms with van der Waals surface area (Å²) in [5.41, 5.74) is 1.38. The number of nitrogens with zero attached hydrogens (tertiary/aromatic N) is 1. The molecular formula is C29H37N3O4. The molecule has 2 heterocycles. The second-order valence-corrected chi connectivity index (χ2v) is 10.7. The predicted octanol–water partition coefficient (Wildman–Crippen LogP) is 2.99. The number of ketones is 1. The van der Waals surface area contributed by atoms with Gasteiger partial charge in [0.1, 0.15) is 18.7 Å². The van der Waals surface area contributed by atoms with Crippen LogP contribution in [0.3, 0.4) is 0 Å². The van der Waals surface area contributed by atoms with Gasteiger partial charge in [0.2, 0.25) is 5.91 Å². The molecule has 3 atom stereocenters. The van der Waals surface area contributed by atoms with Crippen molar-refractivity contribution < 1.29 is 19.1 Å². The van der Waals surface area contributed by atoms with E-state index in [1.54, 1.807) is 24.3 Å². The van der Waals surface area contributed by atoms with Gasteiger partial charge in [-0.3, -0.25) is 14.4 Å². The molecule has 2 aromatic rings. The summed E-state index contributed by atoms with van der Waals surface area (Å²) in [4.78, 5) is 41.5. The number of carbonyl (C=O) groups is 3. The van der Waals surface area contributed by atoms with Crippen molar-refractivity contribution in [3.8, 4) is 0 Å². The zero-order valence-electron chi connectivity index (χ0n) is 21.2. The maximum absolute atomic E-state index is 13.6. The van der Waals surface area contributed by atoms with E-state index in [0.717, 1.165) is 32.4 Å². The maximum Gasteiger partial charge on any atom is 0.251 e. The Morgan fingerprint density at radius 2 is 1.67 bits per heavy atom. The van der Waals surface area contributed by atoms with E-state index in [9.17, 15) is 14.4 Å². The Hall–Kier alpha value is -3.03. The molecule has 7 heteroatoms. The van der Waals surface area contributed by atoms with Gasteiger partial charge in [0.25, 0.3) is 5.91 Å². The molecule has 0 spiro atoms. The number of hydrogen-bond donors (Lipinski definition) is 2. The Morgan fingerprint density at radius 3 is 2.33 bits per heavy atom. The van der Waals surface area contributed by atoms with Crippen LogP contribution in [0, 0.1) is 5.41 Å². The first-order chi connectivity index (χ1) is 17.3. The quantitative estimate of drug-likeness (QED) is 0.534. The van der Waals surface area contributed by atoms with Crippen molar-refractivity contribution in [3.63, 3.8) is 0 Å². The minimum absolute atomic E-state index is 0.00396. The molecule has 2 saturated heterocycles. The van der Waals surface area contributed by atoms with Gasteiger partial charge in [-0.2, -0.15) is 0 Å². The Balaban J connectivity index is 1.48. The third kappa shape index (κ3) is 7.02. The van der Waals surface area contributed by atoms with Crippen molar-refractivity contribution >= 4 is 17.6 Å². The molecule has 7 nitrogen and oxygen atoms in total. The normalized spacial score (nSPS) is 21.3. The van der Waals surface area contributed by atoms with Crippen LogP contribution in [0.4, 0.5) is 0 Å². The standard InChI is InChI=1S/C29H37N3O4/c1-29(2,17-21-11-5-3-6-12-21)18-23(30-27(34)22-13-7-4-8-14-22)28(35)31-26-24(33)20-36-25(26)19-32-15-9-10-16-32/h3-8,11-14,23,25-26H,9-10,15-20H2,1-2H3,(H,30,34)(H,31,35). The summed E-state index contributed by atoms with van der Waals surface area (Å²) in [6.45, 7) is 6.78. The molecule has 0 aromatic heterocycles. The van der Waals surface area contributed by atoms with Crippen molar-refractivity contribution in [2.45, 2.75) is 57.7 Å². The van der Waals surface area contributed by atoms with Crippen LogP contribution in [0.15, 0.2) is 60.7 Å². The summed E-state index contributed by atoms with van der Waals surface area (Å²) in [5.74, 6) is -0.784. The van der Waals surface area contributed by atoms with E-state index in [1.165, 1.54) is 5.56 Å². The Morgan fingerprint density at radius 1 is 1.03 bits per heavy atom. The van der Waals surface area contributed by atoms with Crippen molar-refractivity contribution in [1.29, 1.82) is 0 Å². The van der Waals surface area contributed by atoms with Crippen LogP contribution in [-0.2, 0) is 20.7 Å². The van der Waals surface area contributed by atoms with Gasteiger partial charge in [-0.25, -0.2) is 0 Å². The first-order valence-corrected chi connectivity index (χ1v) is 12.9. The summed E-state index contributed by atoms with van der Waals surface area (Å²) < 4.78 is 5.76. The lowest BCUT2D eigenvalue weighted by Gasteiger charge is -2.31. The van der Waals surface area contributed by atoms with Gasteiger partial charge in [-0.05, 0) is 61.9 Å².